The minimum atomic E-state index is -0.114. The molecule has 5 heteroatoms. The van der Waals surface area contributed by atoms with E-state index >= 15 is 0 Å². The Morgan fingerprint density at radius 2 is 2.00 bits per heavy atom. The highest BCUT2D eigenvalue weighted by molar-refractivity contribution is 5.92. The van der Waals surface area contributed by atoms with Crippen molar-refractivity contribution in [2.75, 3.05) is 5.32 Å². The van der Waals surface area contributed by atoms with Gasteiger partial charge in [0.2, 0.25) is 5.91 Å². The van der Waals surface area contributed by atoms with Crippen LogP contribution < -0.4 is 11.1 Å². The second kappa shape index (κ2) is 5.74. The van der Waals surface area contributed by atoms with Crippen LogP contribution in [0.2, 0.25) is 0 Å². The Hall–Kier alpha value is -1.36. The number of nitrogens with one attached hydrogen (secondary N) is 1. The highest BCUT2D eigenvalue weighted by Crippen LogP contribution is 2.22. The van der Waals surface area contributed by atoms with E-state index in [2.05, 4.69) is 31.2 Å². The third-order valence-corrected chi connectivity index (χ3v) is 3.10. The van der Waals surface area contributed by atoms with Crippen molar-refractivity contribution in [3.05, 3.63) is 11.4 Å². The van der Waals surface area contributed by atoms with E-state index in [-0.39, 0.29) is 17.4 Å². The molecule has 1 aromatic rings. The monoisotopic (exact) mass is 266 g/mol. The van der Waals surface area contributed by atoms with Gasteiger partial charge in [-0.3, -0.25) is 9.48 Å². The molecule has 0 aliphatic heterocycles. The number of rotatable bonds is 4. The zero-order chi connectivity index (χ0) is 14.8. The van der Waals surface area contributed by atoms with Crippen LogP contribution in [0, 0.1) is 19.3 Å². The van der Waals surface area contributed by atoms with Crippen molar-refractivity contribution < 1.29 is 4.79 Å². The van der Waals surface area contributed by atoms with Gasteiger partial charge in [-0.15, -0.1) is 0 Å². The predicted octanol–water partition coefficient (Wildman–Crippen LogP) is 2.13. The van der Waals surface area contributed by atoms with Crippen LogP contribution in [0.15, 0.2) is 0 Å². The normalized spacial score (nSPS) is 13.4. The lowest BCUT2D eigenvalue weighted by atomic mass is 9.87. The molecular weight excluding hydrogens is 240 g/mol. The van der Waals surface area contributed by atoms with Gasteiger partial charge in [-0.1, -0.05) is 20.8 Å². The molecule has 1 heterocycles. The van der Waals surface area contributed by atoms with Crippen molar-refractivity contribution in [2.45, 2.75) is 53.5 Å². The van der Waals surface area contributed by atoms with Gasteiger partial charge < -0.3 is 11.1 Å². The SMILES string of the molecule is Cc1nn(C)c(C)c1NC(=O)CC(N)CC(C)(C)C. The van der Waals surface area contributed by atoms with E-state index in [1.807, 2.05) is 20.9 Å². The summed E-state index contributed by atoms with van der Waals surface area (Å²) in [6, 6.07) is -0.114. The second-order valence-corrected chi connectivity index (χ2v) is 6.45. The Kier molecular flexibility index (Phi) is 4.74. The zero-order valence-electron chi connectivity index (χ0n) is 12.9. The van der Waals surface area contributed by atoms with Crippen LogP contribution >= 0.6 is 0 Å². The maximum Gasteiger partial charge on any atom is 0.226 e. The Balaban J connectivity index is 2.61. The largest absolute Gasteiger partial charge is 0.327 e. The van der Waals surface area contributed by atoms with E-state index in [9.17, 15) is 4.79 Å². The lowest BCUT2D eigenvalue weighted by Crippen LogP contribution is -2.31. The highest BCUT2D eigenvalue weighted by Gasteiger charge is 2.19. The molecule has 0 radical (unpaired) electrons. The summed E-state index contributed by atoms with van der Waals surface area (Å²) in [6.07, 6.45) is 1.16. The standard InChI is InChI=1S/C14H26N4O/c1-9-13(10(2)18(6)17-9)16-12(19)7-11(15)8-14(3,4)5/h11H,7-8,15H2,1-6H3,(H,16,19). The molecule has 0 spiro atoms. The lowest BCUT2D eigenvalue weighted by Gasteiger charge is -2.22. The molecule has 1 unspecified atom stereocenters. The molecular formula is C14H26N4O. The van der Waals surface area contributed by atoms with Gasteiger partial charge in [0, 0.05) is 19.5 Å². The van der Waals surface area contributed by atoms with Crippen LogP contribution in [0.1, 0.15) is 45.0 Å². The van der Waals surface area contributed by atoms with Gasteiger partial charge in [-0.25, -0.2) is 0 Å². The van der Waals surface area contributed by atoms with Gasteiger partial charge in [-0.2, -0.15) is 5.10 Å². The van der Waals surface area contributed by atoms with Crippen molar-refractivity contribution in [3.8, 4) is 0 Å². The molecule has 108 valence electrons. The highest BCUT2D eigenvalue weighted by atomic mass is 16.1. The quantitative estimate of drug-likeness (QED) is 0.876. The van der Waals surface area contributed by atoms with E-state index in [0.29, 0.717) is 6.42 Å². The number of nitrogens with zero attached hydrogens (tertiary/aromatic N) is 2. The first-order valence-corrected chi connectivity index (χ1v) is 6.66. The molecule has 1 aromatic heterocycles. The van der Waals surface area contributed by atoms with Crippen molar-refractivity contribution in [1.29, 1.82) is 0 Å². The maximum absolute atomic E-state index is 12.0. The number of amides is 1. The van der Waals surface area contributed by atoms with Crippen LogP contribution in [-0.4, -0.2) is 21.7 Å². The average Bonchev–Trinajstić information content (AvgIpc) is 2.42. The Labute approximate surface area is 115 Å². The van der Waals surface area contributed by atoms with Crippen molar-refractivity contribution in [1.82, 2.24) is 9.78 Å². The van der Waals surface area contributed by atoms with Crippen molar-refractivity contribution >= 4 is 11.6 Å². The van der Waals surface area contributed by atoms with Gasteiger partial charge in [0.25, 0.3) is 0 Å². The fourth-order valence-corrected chi connectivity index (χ4v) is 2.24. The smallest absolute Gasteiger partial charge is 0.226 e. The number of nitrogens with two attached hydrogens (primary N) is 1. The number of aryl methyl sites for hydroxylation is 2. The summed E-state index contributed by atoms with van der Waals surface area (Å²) in [6.45, 7) is 10.2. The number of hydrogen-bond donors (Lipinski definition) is 2. The zero-order valence-corrected chi connectivity index (χ0v) is 12.9. The summed E-state index contributed by atoms with van der Waals surface area (Å²) in [5, 5.41) is 7.19. The van der Waals surface area contributed by atoms with Crippen molar-refractivity contribution in [3.63, 3.8) is 0 Å². The molecule has 0 saturated heterocycles. The summed E-state index contributed by atoms with van der Waals surface area (Å²) in [4.78, 5) is 12.0. The summed E-state index contributed by atoms with van der Waals surface area (Å²) in [5.41, 5.74) is 8.74. The number of carbonyl (C=O) groups is 1. The Morgan fingerprint density at radius 1 is 1.42 bits per heavy atom. The van der Waals surface area contributed by atoms with Gasteiger partial charge >= 0.3 is 0 Å². The van der Waals surface area contributed by atoms with Crippen LogP contribution in [0.4, 0.5) is 5.69 Å². The molecule has 1 atom stereocenters. The average molecular weight is 266 g/mol. The minimum Gasteiger partial charge on any atom is -0.327 e. The first-order valence-electron chi connectivity index (χ1n) is 6.66. The summed E-state index contributed by atoms with van der Waals surface area (Å²) in [7, 11) is 1.86. The molecule has 3 N–H and O–H groups in total. The first kappa shape index (κ1) is 15.7. The first-order chi connectivity index (χ1) is 8.60. The van der Waals surface area contributed by atoms with Gasteiger partial charge in [0.05, 0.1) is 17.1 Å². The third-order valence-electron chi connectivity index (χ3n) is 3.10. The topological polar surface area (TPSA) is 72.9 Å². The summed E-state index contributed by atoms with van der Waals surface area (Å²) >= 11 is 0. The maximum atomic E-state index is 12.0. The van der Waals surface area contributed by atoms with Crippen LogP contribution in [0.3, 0.4) is 0 Å². The van der Waals surface area contributed by atoms with E-state index in [0.717, 1.165) is 23.5 Å². The second-order valence-electron chi connectivity index (χ2n) is 6.45. The summed E-state index contributed by atoms with van der Waals surface area (Å²) in [5.74, 6) is -0.0454. The molecule has 19 heavy (non-hydrogen) atoms. The molecule has 0 bridgehead atoms. The predicted molar refractivity (Wildman–Crippen MR) is 78.0 cm³/mol. The van der Waals surface area contributed by atoms with Gasteiger partial charge in [0.1, 0.15) is 0 Å². The number of anilines is 1. The fourth-order valence-electron chi connectivity index (χ4n) is 2.24. The minimum absolute atomic E-state index is 0.0454. The van der Waals surface area contributed by atoms with E-state index < -0.39 is 0 Å². The Bertz CT molecular complexity index is 457. The molecule has 0 fully saturated rings. The molecule has 0 aromatic carbocycles. The van der Waals surface area contributed by atoms with Crippen LogP contribution in [-0.2, 0) is 11.8 Å². The van der Waals surface area contributed by atoms with E-state index in [1.54, 1.807) is 4.68 Å². The molecule has 0 aliphatic carbocycles. The number of aromatic nitrogens is 2. The van der Waals surface area contributed by atoms with E-state index in [1.165, 1.54) is 0 Å². The Morgan fingerprint density at radius 3 is 2.42 bits per heavy atom. The van der Waals surface area contributed by atoms with Gasteiger partial charge in [0.15, 0.2) is 0 Å². The number of hydrogen-bond acceptors (Lipinski definition) is 3. The third kappa shape index (κ3) is 4.67. The van der Waals surface area contributed by atoms with Gasteiger partial charge in [-0.05, 0) is 25.7 Å². The van der Waals surface area contributed by atoms with Crippen LogP contribution in [0.25, 0.3) is 0 Å². The fraction of sp³-hybridized carbons (Fsp3) is 0.714. The van der Waals surface area contributed by atoms with Crippen LogP contribution in [0.5, 0.6) is 0 Å². The number of carbonyl (C=O) groups excluding carboxylic acids is 1. The lowest BCUT2D eigenvalue weighted by molar-refractivity contribution is -0.116. The van der Waals surface area contributed by atoms with E-state index in [4.69, 9.17) is 5.73 Å². The summed E-state index contributed by atoms with van der Waals surface area (Å²) < 4.78 is 1.76. The molecule has 0 saturated carbocycles. The molecule has 1 rings (SSSR count). The molecule has 5 nitrogen and oxygen atoms in total. The molecule has 1 amide bonds. The van der Waals surface area contributed by atoms with Crippen molar-refractivity contribution in [2.24, 2.45) is 18.2 Å². The molecule has 0 aliphatic rings.